The Morgan fingerprint density at radius 3 is 2.36 bits per heavy atom. The SMILES string of the molecule is NC1(CCNC2CCCCC2)CCC1. The zero-order chi connectivity index (χ0) is 9.86. The average Bonchev–Trinajstić information content (AvgIpc) is 2.17. The minimum absolute atomic E-state index is 0.210. The van der Waals surface area contributed by atoms with E-state index in [1.54, 1.807) is 0 Å². The minimum Gasteiger partial charge on any atom is -0.325 e. The van der Waals surface area contributed by atoms with Crippen LogP contribution in [0.25, 0.3) is 0 Å². The van der Waals surface area contributed by atoms with Gasteiger partial charge in [0.1, 0.15) is 0 Å². The Morgan fingerprint density at radius 2 is 1.79 bits per heavy atom. The Morgan fingerprint density at radius 1 is 1.07 bits per heavy atom. The van der Waals surface area contributed by atoms with E-state index in [2.05, 4.69) is 5.32 Å². The zero-order valence-electron chi connectivity index (χ0n) is 9.23. The predicted octanol–water partition coefficient (Wildman–Crippen LogP) is 2.18. The Hall–Kier alpha value is -0.0800. The second kappa shape index (κ2) is 4.63. The molecule has 0 spiro atoms. The highest BCUT2D eigenvalue weighted by Gasteiger charge is 2.31. The highest BCUT2D eigenvalue weighted by atomic mass is 14.9. The lowest BCUT2D eigenvalue weighted by atomic mass is 9.75. The van der Waals surface area contributed by atoms with Gasteiger partial charge in [0, 0.05) is 11.6 Å². The highest BCUT2D eigenvalue weighted by molar-refractivity contribution is 4.93. The molecule has 2 rings (SSSR count). The van der Waals surface area contributed by atoms with Gasteiger partial charge in [-0.1, -0.05) is 19.3 Å². The smallest absolute Gasteiger partial charge is 0.0166 e. The van der Waals surface area contributed by atoms with Crippen molar-refractivity contribution in [2.75, 3.05) is 6.54 Å². The van der Waals surface area contributed by atoms with Gasteiger partial charge in [-0.05, 0) is 45.1 Å². The molecule has 0 radical (unpaired) electrons. The van der Waals surface area contributed by atoms with Crippen molar-refractivity contribution in [3.63, 3.8) is 0 Å². The molecule has 14 heavy (non-hydrogen) atoms. The molecule has 0 aromatic heterocycles. The lowest BCUT2D eigenvalue weighted by Crippen LogP contribution is -2.49. The largest absolute Gasteiger partial charge is 0.325 e. The summed E-state index contributed by atoms with van der Waals surface area (Å²) in [7, 11) is 0. The van der Waals surface area contributed by atoms with E-state index in [0.29, 0.717) is 0 Å². The lowest BCUT2D eigenvalue weighted by Gasteiger charge is -2.38. The van der Waals surface area contributed by atoms with E-state index in [4.69, 9.17) is 5.73 Å². The quantitative estimate of drug-likeness (QED) is 0.723. The van der Waals surface area contributed by atoms with E-state index in [1.807, 2.05) is 0 Å². The summed E-state index contributed by atoms with van der Waals surface area (Å²) in [6.07, 6.45) is 12.1. The molecule has 2 nitrogen and oxygen atoms in total. The molecule has 2 fully saturated rings. The summed E-state index contributed by atoms with van der Waals surface area (Å²) in [4.78, 5) is 0. The van der Waals surface area contributed by atoms with Crippen molar-refractivity contribution in [2.45, 2.75) is 69.4 Å². The van der Waals surface area contributed by atoms with E-state index >= 15 is 0 Å². The van der Waals surface area contributed by atoms with E-state index in [-0.39, 0.29) is 5.54 Å². The average molecular weight is 196 g/mol. The first-order valence-electron chi connectivity index (χ1n) is 6.31. The van der Waals surface area contributed by atoms with Gasteiger partial charge in [0.2, 0.25) is 0 Å². The number of rotatable bonds is 4. The van der Waals surface area contributed by atoms with Crippen LogP contribution in [0.1, 0.15) is 57.8 Å². The van der Waals surface area contributed by atoms with Crippen molar-refractivity contribution >= 4 is 0 Å². The van der Waals surface area contributed by atoms with Crippen molar-refractivity contribution in [3.05, 3.63) is 0 Å². The third-order valence-electron chi connectivity index (χ3n) is 4.01. The van der Waals surface area contributed by atoms with Crippen LogP contribution in [0.3, 0.4) is 0 Å². The molecule has 2 heteroatoms. The zero-order valence-corrected chi connectivity index (χ0v) is 9.23. The van der Waals surface area contributed by atoms with Crippen LogP contribution in [0.5, 0.6) is 0 Å². The second-order valence-corrected chi connectivity index (χ2v) is 5.25. The van der Waals surface area contributed by atoms with Gasteiger partial charge in [0.05, 0.1) is 0 Å². The number of hydrogen-bond acceptors (Lipinski definition) is 2. The minimum atomic E-state index is 0.210. The maximum Gasteiger partial charge on any atom is 0.0166 e. The second-order valence-electron chi connectivity index (χ2n) is 5.25. The summed E-state index contributed by atoms with van der Waals surface area (Å²) in [5.41, 5.74) is 6.39. The Kier molecular flexibility index (Phi) is 3.45. The molecule has 0 aliphatic heterocycles. The fourth-order valence-corrected chi connectivity index (χ4v) is 2.71. The van der Waals surface area contributed by atoms with Crippen LogP contribution in [0.2, 0.25) is 0 Å². The molecular weight excluding hydrogens is 172 g/mol. The van der Waals surface area contributed by atoms with Crippen LogP contribution in [0, 0.1) is 0 Å². The molecule has 0 amide bonds. The summed E-state index contributed by atoms with van der Waals surface area (Å²) in [6, 6.07) is 0.799. The molecule has 3 N–H and O–H groups in total. The van der Waals surface area contributed by atoms with E-state index in [9.17, 15) is 0 Å². The summed E-state index contributed by atoms with van der Waals surface area (Å²) in [6.45, 7) is 1.14. The molecule has 0 bridgehead atoms. The monoisotopic (exact) mass is 196 g/mol. The van der Waals surface area contributed by atoms with Crippen molar-refractivity contribution < 1.29 is 0 Å². The molecule has 2 aliphatic rings. The van der Waals surface area contributed by atoms with Crippen LogP contribution in [0.15, 0.2) is 0 Å². The fraction of sp³-hybridized carbons (Fsp3) is 1.00. The molecular formula is C12H24N2. The maximum absolute atomic E-state index is 6.18. The standard InChI is InChI=1S/C12H24N2/c13-12(7-4-8-12)9-10-14-11-5-2-1-3-6-11/h11,14H,1-10,13H2. The fourth-order valence-electron chi connectivity index (χ4n) is 2.71. The van der Waals surface area contributed by atoms with Gasteiger partial charge in [0.15, 0.2) is 0 Å². The van der Waals surface area contributed by atoms with Crippen LogP contribution in [0.4, 0.5) is 0 Å². The molecule has 0 atom stereocenters. The molecule has 0 heterocycles. The topological polar surface area (TPSA) is 38.0 Å². The predicted molar refractivity (Wildman–Crippen MR) is 60.3 cm³/mol. The van der Waals surface area contributed by atoms with Gasteiger partial charge in [-0.25, -0.2) is 0 Å². The molecule has 82 valence electrons. The van der Waals surface area contributed by atoms with Crippen molar-refractivity contribution in [1.29, 1.82) is 0 Å². The number of nitrogens with two attached hydrogens (primary N) is 1. The Balaban J connectivity index is 1.57. The molecule has 2 aliphatic carbocycles. The molecule has 0 aromatic rings. The van der Waals surface area contributed by atoms with Crippen molar-refractivity contribution in [3.8, 4) is 0 Å². The summed E-state index contributed by atoms with van der Waals surface area (Å²) in [5.74, 6) is 0. The molecule has 0 aromatic carbocycles. The van der Waals surface area contributed by atoms with Gasteiger partial charge in [0.25, 0.3) is 0 Å². The summed E-state index contributed by atoms with van der Waals surface area (Å²) in [5, 5.41) is 3.67. The first-order chi connectivity index (χ1) is 6.79. The molecule has 2 saturated carbocycles. The summed E-state index contributed by atoms with van der Waals surface area (Å²) < 4.78 is 0. The van der Waals surface area contributed by atoms with Gasteiger partial charge < -0.3 is 11.1 Å². The highest BCUT2D eigenvalue weighted by Crippen LogP contribution is 2.31. The first-order valence-corrected chi connectivity index (χ1v) is 6.31. The molecule has 0 unspecified atom stereocenters. The maximum atomic E-state index is 6.18. The van der Waals surface area contributed by atoms with Gasteiger partial charge in [-0.15, -0.1) is 0 Å². The Labute approximate surface area is 87.6 Å². The summed E-state index contributed by atoms with van der Waals surface area (Å²) >= 11 is 0. The van der Waals surface area contributed by atoms with E-state index < -0.39 is 0 Å². The van der Waals surface area contributed by atoms with Crippen LogP contribution in [-0.4, -0.2) is 18.1 Å². The number of nitrogens with one attached hydrogen (secondary N) is 1. The van der Waals surface area contributed by atoms with Crippen LogP contribution in [-0.2, 0) is 0 Å². The van der Waals surface area contributed by atoms with Crippen molar-refractivity contribution in [2.24, 2.45) is 5.73 Å². The van der Waals surface area contributed by atoms with Crippen LogP contribution < -0.4 is 11.1 Å². The van der Waals surface area contributed by atoms with E-state index in [1.165, 1.54) is 57.8 Å². The lowest BCUT2D eigenvalue weighted by molar-refractivity contribution is 0.223. The first kappa shape index (κ1) is 10.4. The van der Waals surface area contributed by atoms with Gasteiger partial charge >= 0.3 is 0 Å². The molecule has 0 saturated heterocycles. The van der Waals surface area contributed by atoms with Crippen molar-refractivity contribution in [1.82, 2.24) is 5.32 Å². The van der Waals surface area contributed by atoms with Crippen LogP contribution >= 0.6 is 0 Å². The number of hydrogen-bond donors (Lipinski definition) is 2. The van der Waals surface area contributed by atoms with Gasteiger partial charge in [-0.3, -0.25) is 0 Å². The van der Waals surface area contributed by atoms with Gasteiger partial charge in [-0.2, -0.15) is 0 Å². The Bertz CT molecular complexity index is 169. The third kappa shape index (κ3) is 2.71. The third-order valence-corrected chi connectivity index (χ3v) is 4.01. The van der Waals surface area contributed by atoms with E-state index in [0.717, 1.165) is 12.6 Å². The normalized spacial score (nSPS) is 27.2.